The molecule has 4 saturated carbocycles. The fourth-order valence-electron chi connectivity index (χ4n) is 8.59. The average molecular weight is 438 g/mol. The van der Waals surface area contributed by atoms with Gasteiger partial charge in [-0.1, -0.05) is 13.8 Å². The Morgan fingerprint density at radius 3 is 2.63 bits per heavy atom. The van der Waals surface area contributed by atoms with Crippen LogP contribution >= 0.6 is 12.6 Å². The van der Waals surface area contributed by atoms with Crippen LogP contribution in [0.4, 0.5) is 0 Å². The number of fused-ring (bicyclic) bond motifs is 5. The molecule has 1 amide bonds. The zero-order valence-corrected chi connectivity index (χ0v) is 19.9. The predicted molar refractivity (Wildman–Crippen MR) is 123 cm³/mol. The zero-order chi connectivity index (χ0) is 21.5. The normalized spacial score (nSPS) is 47.8. The summed E-state index contributed by atoms with van der Waals surface area (Å²) < 4.78 is 0. The van der Waals surface area contributed by atoms with Crippen LogP contribution in [0.15, 0.2) is 0 Å². The van der Waals surface area contributed by atoms with E-state index < -0.39 is 0 Å². The molecule has 4 fully saturated rings. The van der Waals surface area contributed by atoms with Crippen LogP contribution in [0, 0.1) is 40.4 Å². The number of hydrogen-bond acceptors (Lipinski definition) is 4. The monoisotopic (exact) mass is 437 g/mol. The molecule has 4 rings (SSSR count). The van der Waals surface area contributed by atoms with E-state index in [2.05, 4.69) is 31.8 Å². The lowest BCUT2D eigenvalue weighted by Gasteiger charge is -2.62. The molecule has 0 heterocycles. The lowest BCUT2D eigenvalue weighted by Crippen LogP contribution is -2.58. The van der Waals surface area contributed by atoms with Gasteiger partial charge in [0.2, 0.25) is 5.91 Å². The quantitative estimate of drug-likeness (QED) is 0.471. The molecule has 30 heavy (non-hydrogen) atoms. The highest BCUT2D eigenvalue weighted by Gasteiger charge is 2.62. The van der Waals surface area contributed by atoms with Crippen molar-refractivity contribution < 1.29 is 15.0 Å². The van der Waals surface area contributed by atoms with Gasteiger partial charge in [0.05, 0.1) is 12.2 Å². The van der Waals surface area contributed by atoms with E-state index in [4.69, 9.17) is 0 Å². The fraction of sp³-hybridized carbons (Fsp3) is 0.960. The van der Waals surface area contributed by atoms with Crippen molar-refractivity contribution in [3.8, 4) is 0 Å². The van der Waals surface area contributed by atoms with Crippen LogP contribution in [-0.2, 0) is 4.79 Å². The van der Waals surface area contributed by atoms with Gasteiger partial charge in [-0.25, -0.2) is 0 Å². The van der Waals surface area contributed by atoms with Crippen LogP contribution in [0.25, 0.3) is 0 Å². The van der Waals surface area contributed by atoms with Crippen LogP contribution < -0.4 is 5.32 Å². The summed E-state index contributed by atoms with van der Waals surface area (Å²) in [6, 6.07) is 0. The summed E-state index contributed by atoms with van der Waals surface area (Å²) in [6.07, 6.45) is 11.2. The van der Waals surface area contributed by atoms with Crippen LogP contribution in [-0.4, -0.2) is 40.6 Å². The number of aliphatic hydroxyl groups is 2. The molecule has 0 aromatic heterocycles. The van der Waals surface area contributed by atoms with Gasteiger partial charge in [0, 0.05) is 18.7 Å². The van der Waals surface area contributed by atoms with Gasteiger partial charge in [-0.3, -0.25) is 4.79 Å². The smallest absolute Gasteiger partial charge is 0.220 e. The zero-order valence-electron chi connectivity index (χ0n) is 19.0. The van der Waals surface area contributed by atoms with Gasteiger partial charge in [-0.15, -0.1) is 0 Å². The number of carbonyl (C=O) groups is 1. The second-order valence-corrected chi connectivity index (χ2v) is 11.9. The number of rotatable bonds is 6. The predicted octanol–water partition coefficient (Wildman–Crippen LogP) is 4.19. The third kappa shape index (κ3) is 3.85. The molecule has 5 unspecified atom stereocenters. The Morgan fingerprint density at radius 1 is 1.07 bits per heavy atom. The number of nitrogens with one attached hydrogen (secondary N) is 1. The second kappa shape index (κ2) is 8.94. The Balaban J connectivity index is 1.43. The first-order valence-corrected chi connectivity index (χ1v) is 13.2. The van der Waals surface area contributed by atoms with Crippen molar-refractivity contribution in [1.82, 2.24) is 5.32 Å². The van der Waals surface area contributed by atoms with Crippen molar-refractivity contribution >= 4 is 18.5 Å². The molecule has 0 aliphatic heterocycles. The highest BCUT2D eigenvalue weighted by atomic mass is 32.1. The maximum Gasteiger partial charge on any atom is 0.220 e. The molecule has 0 bridgehead atoms. The van der Waals surface area contributed by atoms with Gasteiger partial charge in [0.25, 0.3) is 0 Å². The van der Waals surface area contributed by atoms with Crippen molar-refractivity contribution in [2.45, 2.75) is 96.7 Å². The lowest BCUT2D eigenvalue weighted by atomic mass is 9.44. The van der Waals surface area contributed by atoms with Gasteiger partial charge < -0.3 is 15.5 Å². The Hall–Kier alpha value is -0.260. The van der Waals surface area contributed by atoms with Gasteiger partial charge in [-0.2, -0.15) is 12.6 Å². The third-order valence-corrected chi connectivity index (χ3v) is 10.5. The van der Waals surface area contributed by atoms with Crippen molar-refractivity contribution in [2.75, 3.05) is 12.3 Å². The molecule has 4 aliphatic rings. The Labute approximate surface area is 188 Å². The summed E-state index contributed by atoms with van der Waals surface area (Å²) in [7, 11) is 0. The van der Waals surface area contributed by atoms with Crippen LogP contribution in [0.5, 0.6) is 0 Å². The second-order valence-electron chi connectivity index (χ2n) is 11.4. The number of hydrogen-bond donors (Lipinski definition) is 4. The molecule has 0 aromatic carbocycles. The summed E-state index contributed by atoms with van der Waals surface area (Å²) in [4.78, 5) is 12.0. The van der Waals surface area contributed by atoms with Crippen molar-refractivity contribution in [3.05, 3.63) is 0 Å². The average Bonchev–Trinajstić information content (AvgIpc) is 3.06. The molecule has 4 nitrogen and oxygen atoms in total. The minimum absolute atomic E-state index is 0.0140. The molecule has 0 spiro atoms. The number of aliphatic hydroxyl groups excluding tert-OH is 2. The van der Waals surface area contributed by atoms with Crippen molar-refractivity contribution in [1.29, 1.82) is 0 Å². The molecular weight excluding hydrogens is 394 g/mol. The maximum atomic E-state index is 12.0. The summed E-state index contributed by atoms with van der Waals surface area (Å²) in [5, 5.41) is 24.6. The molecule has 172 valence electrons. The highest BCUT2D eigenvalue weighted by molar-refractivity contribution is 7.80. The molecule has 5 heteroatoms. The standard InChI is InChI=1S/C25H43NO3S/c1-24-11-10-18(27)14-17(24)6-8-19-20-9-7-16(4-3-5-23(29)26-12-13-30)25(20,2)22(28)15-21(19)24/h16-22,27-28,30H,3-15H2,1-2H3,(H,26,29)/t16?,17?,18-,19?,20?,21?,22-,24+,25-/m1/s1. The molecule has 4 aliphatic carbocycles. The van der Waals surface area contributed by atoms with E-state index in [0.717, 1.165) is 44.4 Å². The maximum absolute atomic E-state index is 12.0. The first kappa shape index (κ1) is 22.9. The highest BCUT2D eigenvalue weighted by Crippen LogP contribution is 2.67. The minimum Gasteiger partial charge on any atom is -0.393 e. The van der Waals surface area contributed by atoms with E-state index in [9.17, 15) is 15.0 Å². The summed E-state index contributed by atoms with van der Waals surface area (Å²) in [5.41, 5.74) is 0.313. The molecule has 0 saturated heterocycles. The Kier molecular flexibility index (Phi) is 6.83. The topological polar surface area (TPSA) is 69.6 Å². The Morgan fingerprint density at radius 2 is 1.87 bits per heavy atom. The number of carbonyl (C=O) groups excluding carboxylic acids is 1. The summed E-state index contributed by atoms with van der Waals surface area (Å²) in [6.45, 7) is 5.49. The van der Waals surface area contributed by atoms with Gasteiger partial charge in [-0.05, 0) is 105 Å². The van der Waals surface area contributed by atoms with Crippen molar-refractivity contribution in [3.63, 3.8) is 0 Å². The van der Waals surface area contributed by atoms with Crippen molar-refractivity contribution in [2.24, 2.45) is 40.4 Å². The Bertz CT molecular complexity index is 630. The van der Waals surface area contributed by atoms with Gasteiger partial charge in [0.15, 0.2) is 0 Å². The summed E-state index contributed by atoms with van der Waals surface area (Å²) in [5.74, 6) is 3.96. The van der Waals surface area contributed by atoms with E-state index >= 15 is 0 Å². The summed E-state index contributed by atoms with van der Waals surface area (Å²) >= 11 is 4.15. The molecule has 3 N–H and O–H groups in total. The number of thiol groups is 1. The van der Waals surface area contributed by atoms with E-state index in [1.54, 1.807) is 0 Å². The first-order chi connectivity index (χ1) is 14.3. The fourth-order valence-corrected chi connectivity index (χ4v) is 8.70. The van der Waals surface area contributed by atoms with Crippen LogP contribution in [0.3, 0.4) is 0 Å². The SMILES string of the molecule is C[C@]12CC[C@@H](O)CC1CCC1C2C[C@@H](O)[C@]2(C)C(CCCC(=O)NCCS)CCC12. The third-order valence-electron chi connectivity index (χ3n) is 10.3. The van der Waals surface area contributed by atoms with Crippen LogP contribution in [0.1, 0.15) is 84.5 Å². The molecule has 9 atom stereocenters. The number of amides is 1. The van der Waals surface area contributed by atoms with E-state index in [0.29, 0.717) is 47.8 Å². The van der Waals surface area contributed by atoms with E-state index in [1.165, 1.54) is 25.7 Å². The van der Waals surface area contributed by atoms with E-state index in [1.807, 2.05) is 0 Å². The lowest BCUT2D eigenvalue weighted by molar-refractivity contribution is -0.171. The minimum atomic E-state index is -0.225. The molecule has 0 aromatic rings. The van der Waals surface area contributed by atoms with Gasteiger partial charge >= 0.3 is 0 Å². The molecular formula is C25H43NO3S. The first-order valence-electron chi connectivity index (χ1n) is 12.5. The van der Waals surface area contributed by atoms with Gasteiger partial charge in [0.1, 0.15) is 0 Å². The largest absolute Gasteiger partial charge is 0.393 e. The molecule has 0 radical (unpaired) electrons. The van der Waals surface area contributed by atoms with E-state index in [-0.39, 0.29) is 23.5 Å². The van der Waals surface area contributed by atoms with Crippen LogP contribution in [0.2, 0.25) is 0 Å².